The van der Waals surface area contributed by atoms with E-state index in [1.54, 1.807) is 0 Å². The van der Waals surface area contributed by atoms with Crippen molar-refractivity contribution in [2.24, 2.45) is 5.92 Å². The molecule has 7 nitrogen and oxygen atoms in total. The molecule has 3 aliphatic heterocycles. The number of anilines is 1. The first kappa shape index (κ1) is 20.5. The van der Waals surface area contributed by atoms with Crippen LogP contribution in [0.1, 0.15) is 44.1 Å². The third kappa shape index (κ3) is 4.89. The lowest BCUT2D eigenvalue weighted by Crippen LogP contribution is -2.52. The van der Waals surface area contributed by atoms with E-state index >= 15 is 0 Å². The van der Waals surface area contributed by atoms with Gasteiger partial charge in [-0.1, -0.05) is 6.92 Å². The van der Waals surface area contributed by atoms with Crippen molar-refractivity contribution in [3.05, 3.63) is 17.6 Å². The number of rotatable bonds is 4. The number of likely N-dealkylation sites (tertiary alicyclic amines) is 1. The van der Waals surface area contributed by atoms with Gasteiger partial charge in [0.25, 0.3) is 0 Å². The summed E-state index contributed by atoms with van der Waals surface area (Å²) in [5, 5.41) is 0. The molecule has 0 spiro atoms. The van der Waals surface area contributed by atoms with E-state index < -0.39 is 0 Å². The quantitative estimate of drug-likeness (QED) is 0.768. The molecule has 4 heterocycles. The van der Waals surface area contributed by atoms with E-state index in [0.29, 0.717) is 25.2 Å². The maximum absolute atomic E-state index is 12.9. The molecule has 29 heavy (non-hydrogen) atoms. The largest absolute Gasteiger partial charge is 0.378 e. The number of amides is 1. The topological polar surface area (TPSA) is 61.8 Å². The lowest BCUT2D eigenvalue weighted by atomic mass is 9.92. The third-order valence-electron chi connectivity index (χ3n) is 6.67. The fraction of sp³-hybridized carbons (Fsp3) is 0.773. The molecule has 0 aromatic carbocycles. The van der Waals surface area contributed by atoms with Crippen molar-refractivity contribution >= 4 is 11.7 Å². The standard InChI is InChI=1S/C22H35N5O2/c1-3-19-15-21(24-17(2)23-19)25-9-6-20(7-10-25)27-8-4-5-18(16-27)22(28)26-11-13-29-14-12-26/h15,18,20H,3-14,16H2,1-2H3. The van der Waals surface area contributed by atoms with Crippen LogP contribution in [0.2, 0.25) is 0 Å². The van der Waals surface area contributed by atoms with E-state index in [1.807, 2.05) is 11.8 Å². The molecule has 3 fully saturated rings. The summed E-state index contributed by atoms with van der Waals surface area (Å²) in [5.41, 5.74) is 1.12. The Morgan fingerprint density at radius 3 is 2.59 bits per heavy atom. The molecule has 1 amide bonds. The van der Waals surface area contributed by atoms with Crippen LogP contribution >= 0.6 is 0 Å². The Bertz CT molecular complexity index is 698. The minimum absolute atomic E-state index is 0.163. The minimum Gasteiger partial charge on any atom is -0.378 e. The number of hydrogen-bond acceptors (Lipinski definition) is 6. The van der Waals surface area contributed by atoms with Gasteiger partial charge in [-0.3, -0.25) is 9.69 Å². The summed E-state index contributed by atoms with van der Waals surface area (Å²) in [6, 6.07) is 2.73. The molecular weight excluding hydrogens is 366 g/mol. The summed E-state index contributed by atoms with van der Waals surface area (Å²) in [6.07, 6.45) is 5.39. The van der Waals surface area contributed by atoms with Crippen LogP contribution in [-0.4, -0.2) is 84.2 Å². The van der Waals surface area contributed by atoms with Crippen LogP contribution in [0.3, 0.4) is 0 Å². The van der Waals surface area contributed by atoms with Gasteiger partial charge in [-0.15, -0.1) is 0 Å². The summed E-state index contributed by atoms with van der Waals surface area (Å²) in [6.45, 7) is 11.1. The van der Waals surface area contributed by atoms with Gasteiger partial charge in [-0.25, -0.2) is 9.97 Å². The average Bonchev–Trinajstić information content (AvgIpc) is 2.79. The van der Waals surface area contributed by atoms with Crippen LogP contribution in [0.5, 0.6) is 0 Å². The Morgan fingerprint density at radius 1 is 1.10 bits per heavy atom. The third-order valence-corrected chi connectivity index (χ3v) is 6.67. The maximum Gasteiger partial charge on any atom is 0.227 e. The second-order valence-electron chi connectivity index (χ2n) is 8.61. The number of morpholine rings is 1. The van der Waals surface area contributed by atoms with E-state index in [-0.39, 0.29) is 5.92 Å². The summed E-state index contributed by atoms with van der Waals surface area (Å²) >= 11 is 0. The molecule has 1 unspecified atom stereocenters. The van der Waals surface area contributed by atoms with Crippen LogP contribution in [0, 0.1) is 12.8 Å². The second kappa shape index (κ2) is 9.39. The molecule has 1 atom stereocenters. The van der Waals surface area contributed by atoms with Crippen LogP contribution in [-0.2, 0) is 16.0 Å². The molecular formula is C22H35N5O2. The molecule has 0 aliphatic carbocycles. The van der Waals surface area contributed by atoms with Crippen molar-refractivity contribution in [3.8, 4) is 0 Å². The van der Waals surface area contributed by atoms with Crippen molar-refractivity contribution < 1.29 is 9.53 Å². The highest BCUT2D eigenvalue weighted by Gasteiger charge is 2.34. The van der Waals surface area contributed by atoms with E-state index in [1.165, 1.54) is 0 Å². The highest BCUT2D eigenvalue weighted by atomic mass is 16.5. The molecule has 7 heteroatoms. The molecule has 0 saturated carbocycles. The normalized spacial score (nSPS) is 24.7. The van der Waals surface area contributed by atoms with Crippen molar-refractivity contribution in [1.29, 1.82) is 0 Å². The molecule has 1 aromatic rings. The summed E-state index contributed by atoms with van der Waals surface area (Å²) in [7, 11) is 0. The smallest absolute Gasteiger partial charge is 0.227 e. The Balaban J connectivity index is 1.32. The first-order chi connectivity index (χ1) is 14.1. The molecule has 0 bridgehead atoms. The molecule has 0 radical (unpaired) electrons. The lowest BCUT2D eigenvalue weighted by Gasteiger charge is -2.43. The van der Waals surface area contributed by atoms with E-state index in [2.05, 4.69) is 32.8 Å². The van der Waals surface area contributed by atoms with Gasteiger partial charge in [-0.2, -0.15) is 0 Å². The van der Waals surface area contributed by atoms with Gasteiger partial charge < -0.3 is 14.5 Å². The van der Waals surface area contributed by atoms with Gasteiger partial charge in [0.1, 0.15) is 11.6 Å². The van der Waals surface area contributed by atoms with E-state index in [9.17, 15) is 4.79 Å². The van der Waals surface area contributed by atoms with Crippen molar-refractivity contribution in [3.63, 3.8) is 0 Å². The number of hydrogen-bond donors (Lipinski definition) is 0. The summed E-state index contributed by atoms with van der Waals surface area (Å²) < 4.78 is 5.40. The number of aryl methyl sites for hydroxylation is 2. The minimum atomic E-state index is 0.163. The monoisotopic (exact) mass is 401 g/mol. The number of carbonyl (C=O) groups excluding carboxylic acids is 1. The lowest BCUT2D eigenvalue weighted by molar-refractivity contribution is -0.141. The molecule has 3 saturated heterocycles. The van der Waals surface area contributed by atoms with Gasteiger partial charge >= 0.3 is 0 Å². The van der Waals surface area contributed by atoms with E-state index in [4.69, 9.17) is 4.74 Å². The molecule has 4 rings (SSSR count). The highest BCUT2D eigenvalue weighted by molar-refractivity contribution is 5.79. The Morgan fingerprint density at radius 2 is 1.86 bits per heavy atom. The average molecular weight is 402 g/mol. The van der Waals surface area contributed by atoms with E-state index in [0.717, 1.165) is 88.7 Å². The fourth-order valence-electron chi connectivity index (χ4n) is 5.00. The molecule has 160 valence electrons. The predicted molar refractivity (Wildman–Crippen MR) is 113 cm³/mol. The van der Waals surface area contributed by atoms with Crippen LogP contribution in [0.25, 0.3) is 0 Å². The summed E-state index contributed by atoms with van der Waals surface area (Å²) in [5.74, 6) is 2.45. The zero-order valence-corrected chi connectivity index (χ0v) is 18.0. The zero-order chi connectivity index (χ0) is 20.2. The highest BCUT2D eigenvalue weighted by Crippen LogP contribution is 2.27. The fourth-order valence-corrected chi connectivity index (χ4v) is 5.00. The Hall–Kier alpha value is -1.73. The Kier molecular flexibility index (Phi) is 6.65. The maximum atomic E-state index is 12.9. The SMILES string of the molecule is CCc1cc(N2CCC(N3CCCC(C(=O)N4CCOCC4)C3)CC2)nc(C)n1. The van der Waals surface area contributed by atoms with Gasteiger partial charge in [0.15, 0.2) is 0 Å². The second-order valence-corrected chi connectivity index (χ2v) is 8.61. The number of piperidine rings is 2. The van der Waals surface area contributed by atoms with Crippen LogP contribution < -0.4 is 4.90 Å². The number of carbonyl (C=O) groups is 1. The molecule has 1 aromatic heterocycles. The van der Waals surface area contributed by atoms with Gasteiger partial charge in [0.2, 0.25) is 5.91 Å². The zero-order valence-electron chi connectivity index (χ0n) is 18.0. The first-order valence-electron chi connectivity index (χ1n) is 11.3. The first-order valence-corrected chi connectivity index (χ1v) is 11.3. The predicted octanol–water partition coefficient (Wildman–Crippen LogP) is 1.89. The van der Waals surface area contributed by atoms with Crippen molar-refractivity contribution in [2.45, 2.75) is 52.0 Å². The molecule has 3 aliphatic rings. The number of aromatic nitrogens is 2. The number of ether oxygens (including phenoxy) is 1. The van der Waals surface area contributed by atoms with Crippen LogP contribution in [0.15, 0.2) is 6.07 Å². The van der Waals surface area contributed by atoms with Gasteiger partial charge in [-0.05, 0) is 45.6 Å². The Labute approximate surface area is 174 Å². The summed E-state index contributed by atoms with van der Waals surface area (Å²) in [4.78, 5) is 29.1. The van der Waals surface area contributed by atoms with Gasteiger partial charge in [0.05, 0.1) is 19.1 Å². The van der Waals surface area contributed by atoms with Crippen molar-refractivity contribution in [2.75, 3.05) is 57.4 Å². The van der Waals surface area contributed by atoms with Gasteiger partial charge in [0, 0.05) is 50.5 Å². The van der Waals surface area contributed by atoms with Crippen LogP contribution in [0.4, 0.5) is 5.82 Å². The van der Waals surface area contributed by atoms with Crippen molar-refractivity contribution in [1.82, 2.24) is 19.8 Å². The molecule has 0 N–H and O–H groups in total. The number of nitrogens with zero attached hydrogens (tertiary/aromatic N) is 5.